The maximum atomic E-state index is 6.05. The monoisotopic (exact) mass is 230 g/mol. The van der Waals surface area contributed by atoms with Crippen molar-refractivity contribution >= 4 is 0 Å². The fourth-order valence-corrected chi connectivity index (χ4v) is 1.79. The summed E-state index contributed by atoms with van der Waals surface area (Å²) in [5.74, 6) is 0.563. The number of nitrogens with two attached hydrogens (primary N) is 1. The van der Waals surface area contributed by atoms with E-state index >= 15 is 0 Å². The Morgan fingerprint density at radius 1 is 1.24 bits per heavy atom. The Kier molecular flexibility index (Phi) is 3.54. The van der Waals surface area contributed by atoms with Crippen molar-refractivity contribution in [2.75, 3.05) is 0 Å². The van der Waals surface area contributed by atoms with Gasteiger partial charge < -0.3 is 5.73 Å². The van der Waals surface area contributed by atoms with Crippen LogP contribution in [-0.2, 0) is 6.42 Å². The van der Waals surface area contributed by atoms with Crippen LogP contribution in [0, 0.1) is 0 Å². The van der Waals surface area contributed by atoms with E-state index in [1.54, 1.807) is 6.20 Å². The molecule has 90 valence electrons. The minimum absolute atomic E-state index is 0.0985. The second-order valence-electron chi connectivity index (χ2n) is 4.60. The van der Waals surface area contributed by atoms with Crippen LogP contribution in [0.2, 0.25) is 0 Å². The molecular formula is C13H18N4. The molecule has 1 aromatic heterocycles. The van der Waals surface area contributed by atoms with Crippen LogP contribution in [0.4, 0.5) is 0 Å². The number of nitrogens with zero attached hydrogens (tertiary/aromatic N) is 2. The van der Waals surface area contributed by atoms with E-state index in [0.717, 1.165) is 12.1 Å². The lowest BCUT2D eigenvalue weighted by Gasteiger charge is -2.10. The van der Waals surface area contributed by atoms with Crippen LogP contribution in [0.1, 0.15) is 42.6 Å². The highest BCUT2D eigenvalue weighted by molar-refractivity contribution is 5.25. The number of aromatic nitrogens is 3. The number of rotatable bonds is 4. The van der Waals surface area contributed by atoms with Crippen LogP contribution >= 0.6 is 0 Å². The lowest BCUT2D eigenvalue weighted by Crippen LogP contribution is -2.13. The SMILES string of the molecule is CC(C)c1ccc(CC(N)c2cn[nH]n2)cc1. The average molecular weight is 230 g/mol. The second kappa shape index (κ2) is 5.10. The summed E-state index contributed by atoms with van der Waals surface area (Å²) in [6.07, 6.45) is 2.46. The summed E-state index contributed by atoms with van der Waals surface area (Å²) in [5, 5.41) is 10.3. The Hall–Kier alpha value is -1.68. The van der Waals surface area contributed by atoms with Gasteiger partial charge in [-0.2, -0.15) is 15.4 Å². The zero-order chi connectivity index (χ0) is 12.3. The third-order valence-electron chi connectivity index (χ3n) is 2.92. The lowest BCUT2D eigenvalue weighted by molar-refractivity contribution is 0.691. The first-order valence-electron chi connectivity index (χ1n) is 5.87. The van der Waals surface area contributed by atoms with Crippen LogP contribution in [0.5, 0.6) is 0 Å². The Balaban J connectivity index is 2.04. The molecule has 0 radical (unpaired) electrons. The van der Waals surface area contributed by atoms with E-state index in [1.165, 1.54) is 11.1 Å². The maximum Gasteiger partial charge on any atom is 0.0995 e. The van der Waals surface area contributed by atoms with E-state index in [0.29, 0.717) is 5.92 Å². The first-order chi connectivity index (χ1) is 8.16. The van der Waals surface area contributed by atoms with Gasteiger partial charge in [-0.3, -0.25) is 0 Å². The van der Waals surface area contributed by atoms with Crippen LogP contribution in [-0.4, -0.2) is 15.4 Å². The number of nitrogens with one attached hydrogen (secondary N) is 1. The predicted molar refractivity (Wildman–Crippen MR) is 67.5 cm³/mol. The summed E-state index contributed by atoms with van der Waals surface area (Å²) in [6.45, 7) is 4.38. The van der Waals surface area contributed by atoms with Gasteiger partial charge in [-0.25, -0.2) is 0 Å². The van der Waals surface area contributed by atoms with Gasteiger partial charge in [-0.05, 0) is 23.5 Å². The largest absolute Gasteiger partial charge is 0.322 e. The van der Waals surface area contributed by atoms with E-state index in [-0.39, 0.29) is 6.04 Å². The number of hydrogen-bond acceptors (Lipinski definition) is 3. The van der Waals surface area contributed by atoms with E-state index in [1.807, 2.05) is 0 Å². The molecule has 1 aromatic carbocycles. The molecule has 4 nitrogen and oxygen atoms in total. The molecule has 4 heteroatoms. The quantitative estimate of drug-likeness (QED) is 0.845. The molecule has 0 aliphatic heterocycles. The van der Waals surface area contributed by atoms with Gasteiger partial charge in [0.1, 0.15) is 0 Å². The molecule has 0 aliphatic carbocycles. The molecule has 0 bridgehead atoms. The zero-order valence-electron chi connectivity index (χ0n) is 10.2. The molecule has 0 amide bonds. The molecule has 1 heterocycles. The Morgan fingerprint density at radius 2 is 1.94 bits per heavy atom. The number of H-pyrrole nitrogens is 1. The molecule has 0 saturated heterocycles. The standard InChI is InChI=1S/C13H18N4/c1-9(2)11-5-3-10(4-6-11)7-12(14)13-8-15-17-16-13/h3-6,8-9,12H,7,14H2,1-2H3,(H,15,16,17). The van der Waals surface area contributed by atoms with Crippen molar-refractivity contribution in [3.8, 4) is 0 Å². The highest BCUT2D eigenvalue weighted by atomic mass is 15.3. The van der Waals surface area contributed by atoms with Gasteiger partial charge in [0, 0.05) is 0 Å². The highest BCUT2D eigenvalue weighted by Gasteiger charge is 2.09. The second-order valence-corrected chi connectivity index (χ2v) is 4.60. The van der Waals surface area contributed by atoms with Crippen molar-refractivity contribution in [3.05, 3.63) is 47.3 Å². The van der Waals surface area contributed by atoms with E-state index < -0.39 is 0 Å². The van der Waals surface area contributed by atoms with Crippen molar-refractivity contribution in [3.63, 3.8) is 0 Å². The van der Waals surface area contributed by atoms with Crippen molar-refractivity contribution in [1.29, 1.82) is 0 Å². The Bertz CT molecular complexity index is 445. The van der Waals surface area contributed by atoms with Gasteiger partial charge in [0.05, 0.1) is 17.9 Å². The van der Waals surface area contributed by atoms with Gasteiger partial charge in [0.15, 0.2) is 0 Å². The van der Waals surface area contributed by atoms with Crippen molar-refractivity contribution < 1.29 is 0 Å². The summed E-state index contributed by atoms with van der Waals surface area (Å²) < 4.78 is 0. The third kappa shape index (κ3) is 2.91. The van der Waals surface area contributed by atoms with Crippen LogP contribution in [0.25, 0.3) is 0 Å². The number of hydrogen-bond donors (Lipinski definition) is 2. The van der Waals surface area contributed by atoms with E-state index in [9.17, 15) is 0 Å². The normalized spacial score (nSPS) is 12.9. The van der Waals surface area contributed by atoms with Gasteiger partial charge >= 0.3 is 0 Å². The minimum Gasteiger partial charge on any atom is -0.322 e. The number of aromatic amines is 1. The Morgan fingerprint density at radius 3 is 2.47 bits per heavy atom. The smallest absolute Gasteiger partial charge is 0.0995 e. The van der Waals surface area contributed by atoms with Crippen molar-refractivity contribution in [2.24, 2.45) is 5.73 Å². The average Bonchev–Trinajstić information content (AvgIpc) is 2.83. The van der Waals surface area contributed by atoms with Gasteiger partial charge in [-0.1, -0.05) is 38.1 Å². The molecule has 0 saturated carbocycles. The first kappa shape index (κ1) is 11.8. The van der Waals surface area contributed by atoms with E-state index in [2.05, 4.69) is 53.5 Å². The third-order valence-corrected chi connectivity index (χ3v) is 2.92. The topological polar surface area (TPSA) is 67.6 Å². The molecule has 2 rings (SSSR count). The van der Waals surface area contributed by atoms with E-state index in [4.69, 9.17) is 5.73 Å². The molecular weight excluding hydrogens is 212 g/mol. The maximum absolute atomic E-state index is 6.05. The van der Waals surface area contributed by atoms with Crippen LogP contribution < -0.4 is 5.73 Å². The zero-order valence-corrected chi connectivity index (χ0v) is 10.2. The fraction of sp³-hybridized carbons (Fsp3) is 0.385. The van der Waals surface area contributed by atoms with Gasteiger partial charge in [0.2, 0.25) is 0 Å². The summed E-state index contributed by atoms with van der Waals surface area (Å²) in [5.41, 5.74) is 9.43. The van der Waals surface area contributed by atoms with Crippen LogP contribution in [0.15, 0.2) is 30.5 Å². The predicted octanol–water partition coefficient (Wildman–Crippen LogP) is 2.17. The molecule has 17 heavy (non-hydrogen) atoms. The van der Waals surface area contributed by atoms with Crippen LogP contribution in [0.3, 0.4) is 0 Å². The molecule has 0 aliphatic rings. The summed E-state index contributed by atoms with van der Waals surface area (Å²) in [6, 6.07) is 8.49. The lowest BCUT2D eigenvalue weighted by atomic mass is 9.99. The molecule has 1 atom stereocenters. The molecule has 3 N–H and O–H groups in total. The molecule has 2 aromatic rings. The fourth-order valence-electron chi connectivity index (χ4n) is 1.79. The molecule has 1 unspecified atom stereocenters. The highest BCUT2D eigenvalue weighted by Crippen LogP contribution is 2.17. The summed E-state index contributed by atoms with van der Waals surface area (Å²) in [4.78, 5) is 0. The molecule has 0 spiro atoms. The minimum atomic E-state index is -0.0985. The van der Waals surface area contributed by atoms with Gasteiger partial charge in [0.25, 0.3) is 0 Å². The van der Waals surface area contributed by atoms with Crippen molar-refractivity contribution in [2.45, 2.75) is 32.2 Å². The summed E-state index contributed by atoms with van der Waals surface area (Å²) >= 11 is 0. The van der Waals surface area contributed by atoms with Crippen molar-refractivity contribution in [1.82, 2.24) is 15.4 Å². The number of benzene rings is 1. The summed E-state index contributed by atoms with van der Waals surface area (Å²) in [7, 11) is 0. The first-order valence-corrected chi connectivity index (χ1v) is 5.87. The van der Waals surface area contributed by atoms with Gasteiger partial charge in [-0.15, -0.1) is 0 Å². The Labute approximate surface area is 101 Å². The molecule has 0 fully saturated rings.